The van der Waals surface area contributed by atoms with Crippen LogP contribution >= 0.6 is 11.6 Å². The summed E-state index contributed by atoms with van der Waals surface area (Å²) in [4.78, 5) is 81.5. The van der Waals surface area contributed by atoms with E-state index in [9.17, 15) is 33.9 Å². The van der Waals surface area contributed by atoms with Crippen LogP contribution in [0.5, 0.6) is 0 Å². The number of amides is 5. The van der Waals surface area contributed by atoms with Crippen molar-refractivity contribution in [3.05, 3.63) is 77.5 Å². The van der Waals surface area contributed by atoms with Crippen molar-refractivity contribution in [2.75, 3.05) is 13.1 Å². The normalized spacial score (nSPS) is 14.4. The molecule has 0 saturated heterocycles. The number of oxazole rings is 1. The van der Waals surface area contributed by atoms with Crippen LogP contribution in [0.2, 0.25) is 5.02 Å². The summed E-state index contributed by atoms with van der Waals surface area (Å²) >= 11 is 5.95. The molecule has 52 heavy (non-hydrogen) atoms. The second kappa shape index (κ2) is 20.0. The van der Waals surface area contributed by atoms with Crippen molar-refractivity contribution in [2.24, 2.45) is 17.2 Å². The van der Waals surface area contributed by atoms with Crippen LogP contribution in [0.4, 0.5) is 0 Å². The molecule has 17 nitrogen and oxygen atoms in total. The third-order valence-electron chi connectivity index (χ3n) is 7.80. The minimum atomic E-state index is -1.73. The highest BCUT2D eigenvalue weighted by molar-refractivity contribution is 6.30. The predicted octanol–water partition coefficient (Wildman–Crippen LogP) is -0.680. The molecule has 0 radical (unpaired) electrons. The predicted molar refractivity (Wildman–Crippen MR) is 190 cm³/mol. The fraction of sp³-hybridized carbons (Fsp3) is 0.382. The van der Waals surface area contributed by atoms with Gasteiger partial charge in [-0.05, 0) is 75.0 Å². The Bertz CT molecular complexity index is 1670. The van der Waals surface area contributed by atoms with Gasteiger partial charge in [-0.1, -0.05) is 35.9 Å². The number of nitrogens with two attached hydrogens (primary N) is 3. The number of hydrogen-bond acceptors (Lipinski definition) is 12. The van der Waals surface area contributed by atoms with Crippen LogP contribution in [0.15, 0.2) is 65.4 Å². The van der Waals surface area contributed by atoms with Gasteiger partial charge in [0.1, 0.15) is 24.4 Å². The maximum absolute atomic E-state index is 13.1. The average Bonchev–Trinajstić information content (AvgIpc) is 3.67. The van der Waals surface area contributed by atoms with E-state index in [2.05, 4.69) is 31.6 Å². The van der Waals surface area contributed by atoms with Crippen molar-refractivity contribution in [2.45, 2.75) is 69.5 Å². The van der Waals surface area contributed by atoms with Gasteiger partial charge < -0.3 is 53.3 Å². The van der Waals surface area contributed by atoms with Gasteiger partial charge in [-0.2, -0.15) is 0 Å². The minimum Gasteiger partial charge on any atom is -0.442 e. The standard InChI is InChI=1S/C34H44ClN9O8/c1-18(27(46)34-39-15-16-52-34)40-30(48)24(5-3-4-14-36)41-33(51)28(38)44-32(50)26(19(2)45)43-31(49)25(17-37)42-29(47)22-8-6-20(7-9-22)21-10-12-23(35)13-11-21/h6-13,15-16,18-19,24-26,28,45H,3-5,14,17,36-38H2,1-2H3,(H,40,48)(H,41,51)(H,42,47)(H,43,49)(H,44,50). The summed E-state index contributed by atoms with van der Waals surface area (Å²) in [5, 5.41) is 22.9. The molecule has 0 aliphatic heterocycles. The fourth-order valence-electron chi connectivity index (χ4n) is 4.83. The van der Waals surface area contributed by atoms with Gasteiger partial charge in [0.25, 0.3) is 17.7 Å². The number of ketones is 1. The third kappa shape index (κ3) is 12.0. The number of benzene rings is 2. The summed E-state index contributed by atoms with van der Waals surface area (Å²) in [6.07, 6.45) is 0.362. The lowest BCUT2D eigenvalue weighted by molar-refractivity contribution is -0.135. The van der Waals surface area contributed by atoms with Crippen molar-refractivity contribution >= 4 is 46.9 Å². The molecular weight excluding hydrogens is 698 g/mol. The minimum absolute atomic E-state index is 0.125. The number of Topliss-reactive ketones (excluding diaryl/α,β-unsaturated/α-hetero) is 1. The highest BCUT2D eigenvalue weighted by Crippen LogP contribution is 2.22. The van der Waals surface area contributed by atoms with E-state index < -0.39 is 71.8 Å². The van der Waals surface area contributed by atoms with Crippen LogP contribution in [0.25, 0.3) is 11.1 Å². The largest absolute Gasteiger partial charge is 0.442 e. The van der Waals surface area contributed by atoms with Crippen LogP contribution in [0.3, 0.4) is 0 Å². The van der Waals surface area contributed by atoms with Gasteiger partial charge in [-0.15, -0.1) is 0 Å². The number of nitrogens with one attached hydrogen (secondary N) is 5. The van der Waals surface area contributed by atoms with Crippen molar-refractivity contribution in [3.8, 4) is 11.1 Å². The molecule has 2 aromatic carbocycles. The van der Waals surface area contributed by atoms with E-state index in [-0.39, 0.29) is 24.4 Å². The number of aliphatic hydroxyl groups is 1. The number of carbonyl (C=O) groups excluding carboxylic acids is 6. The fourth-order valence-corrected chi connectivity index (χ4v) is 4.96. The summed E-state index contributed by atoms with van der Waals surface area (Å²) in [5.74, 6) is -5.04. The van der Waals surface area contributed by atoms with E-state index in [4.69, 9.17) is 33.2 Å². The zero-order valence-electron chi connectivity index (χ0n) is 28.6. The monoisotopic (exact) mass is 741 g/mol. The Morgan fingerprint density at radius 3 is 1.96 bits per heavy atom. The molecule has 0 bridgehead atoms. The summed E-state index contributed by atoms with van der Waals surface area (Å²) in [6, 6.07) is 8.56. The number of unbranched alkanes of at least 4 members (excludes halogenated alkanes) is 1. The van der Waals surface area contributed by atoms with E-state index in [0.717, 1.165) is 11.1 Å². The van der Waals surface area contributed by atoms with Crippen molar-refractivity contribution in [3.63, 3.8) is 0 Å². The number of aromatic nitrogens is 1. The van der Waals surface area contributed by atoms with E-state index in [1.54, 1.807) is 36.4 Å². The lowest BCUT2D eigenvalue weighted by Crippen LogP contribution is -2.63. The number of aliphatic hydroxyl groups excluding tert-OH is 1. The first-order chi connectivity index (χ1) is 24.7. The molecule has 1 aromatic heterocycles. The SMILES string of the molecule is CC(NC(=O)C(CCCCN)NC(=O)C(N)NC(=O)C(NC(=O)C(CN)NC(=O)c1ccc(-c2ccc(Cl)cc2)cc1)C(C)O)C(=O)c1ncco1. The van der Waals surface area contributed by atoms with Crippen LogP contribution in [-0.2, 0) is 19.2 Å². The third-order valence-corrected chi connectivity index (χ3v) is 8.05. The van der Waals surface area contributed by atoms with Gasteiger partial charge in [-0.3, -0.25) is 28.8 Å². The molecule has 0 aliphatic carbocycles. The van der Waals surface area contributed by atoms with Gasteiger partial charge in [0.15, 0.2) is 6.17 Å². The number of hydrogen-bond donors (Lipinski definition) is 9. The first-order valence-corrected chi connectivity index (χ1v) is 16.8. The van der Waals surface area contributed by atoms with Gasteiger partial charge in [-0.25, -0.2) is 4.98 Å². The quantitative estimate of drug-likeness (QED) is 0.0420. The number of rotatable bonds is 19. The highest BCUT2D eigenvalue weighted by Gasteiger charge is 2.33. The molecule has 5 amide bonds. The first kappa shape index (κ1) is 41.2. The maximum Gasteiger partial charge on any atom is 0.265 e. The molecule has 3 rings (SSSR count). The molecule has 6 unspecified atom stereocenters. The number of nitrogens with zero attached hydrogens (tertiary/aromatic N) is 1. The highest BCUT2D eigenvalue weighted by atomic mass is 35.5. The molecule has 18 heteroatoms. The van der Waals surface area contributed by atoms with E-state index in [1.807, 2.05) is 12.1 Å². The summed E-state index contributed by atoms with van der Waals surface area (Å²) in [6.45, 7) is 2.61. The van der Waals surface area contributed by atoms with Gasteiger partial charge in [0.05, 0.1) is 18.3 Å². The molecule has 0 aliphatic rings. The Hall–Kier alpha value is -5.20. The molecular formula is C34H44ClN9O8. The Morgan fingerprint density at radius 2 is 1.40 bits per heavy atom. The molecule has 3 aromatic rings. The van der Waals surface area contributed by atoms with E-state index in [1.165, 1.54) is 26.3 Å². The zero-order valence-corrected chi connectivity index (χ0v) is 29.4. The van der Waals surface area contributed by atoms with Crippen LogP contribution in [0, 0.1) is 0 Å². The molecule has 6 atom stereocenters. The Morgan fingerprint density at radius 1 is 0.788 bits per heavy atom. The molecule has 0 fully saturated rings. The zero-order chi connectivity index (χ0) is 38.4. The number of carbonyl (C=O) groups is 6. The molecule has 1 heterocycles. The Balaban J connectivity index is 1.59. The Kier molecular flexibility index (Phi) is 15.9. The van der Waals surface area contributed by atoms with E-state index in [0.29, 0.717) is 24.4 Å². The van der Waals surface area contributed by atoms with Gasteiger partial charge in [0, 0.05) is 17.1 Å². The van der Waals surface area contributed by atoms with E-state index >= 15 is 0 Å². The van der Waals surface area contributed by atoms with Crippen molar-refractivity contribution < 1.29 is 38.3 Å². The lowest BCUT2D eigenvalue weighted by atomic mass is 10.0. The molecule has 0 spiro atoms. The summed E-state index contributed by atoms with van der Waals surface area (Å²) in [7, 11) is 0. The van der Waals surface area contributed by atoms with Crippen molar-refractivity contribution in [1.29, 1.82) is 0 Å². The van der Waals surface area contributed by atoms with Gasteiger partial charge in [0.2, 0.25) is 23.5 Å². The average molecular weight is 742 g/mol. The molecule has 12 N–H and O–H groups in total. The Labute approximate surface area is 304 Å². The van der Waals surface area contributed by atoms with Crippen LogP contribution < -0.4 is 43.8 Å². The maximum atomic E-state index is 13.1. The molecule has 280 valence electrons. The van der Waals surface area contributed by atoms with Crippen LogP contribution in [-0.4, -0.2) is 94.9 Å². The second-order valence-corrected chi connectivity index (χ2v) is 12.3. The molecule has 0 saturated carbocycles. The van der Waals surface area contributed by atoms with Gasteiger partial charge >= 0.3 is 0 Å². The summed E-state index contributed by atoms with van der Waals surface area (Å²) in [5.41, 5.74) is 19.2. The summed E-state index contributed by atoms with van der Waals surface area (Å²) < 4.78 is 4.98. The lowest BCUT2D eigenvalue weighted by Gasteiger charge is -2.26. The van der Waals surface area contributed by atoms with Crippen molar-refractivity contribution in [1.82, 2.24) is 31.6 Å². The second-order valence-electron chi connectivity index (χ2n) is 11.8. The first-order valence-electron chi connectivity index (χ1n) is 16.4. The number of halogens is 1. The smallest absolute Gasteiger partial charge is 0.265 e. The van der Waals surface area contributed by atoms with Crippen LogP contribution in [0.1, 0.15) is 54.2 Å². The topological polar surface area (TPSA) is 287 Å².